The Hall–Kier alpha value is -3.08. The van der Waals surface area contributed by atoms with Gasteiger partial charge in [-0.15, -0.1) is 11.8 Å². The number of rotatable bonds is 6. The van der Waals surface area contributed by atoms with Crippen molar-refractivity contribution in [3.63, 3.8) is 0 Å². The van der Waals surface area contributed by atoms with Crippen molar-refractivity contribution in [2.45, 2.75) is 25.3 Å². The van der Waals surface area contributed by atoms with E-state index in [9.17, 15) is 9.59 Å². The van der Waals surface area contributed by atoms with Gasteiger partial charge < -0.3 is 20.5 Å². The molecule has 1 saturated heterocycles. The number of carbonyl (C=O) groups excluding carboxylic acids is 2. The second kappa shape index (κ2) is 10.1. The molecule has 0 aliphatic carbocycles. The fourth-order valence-electron chi connectivity index (χ4n) is 4.14. The summed E-state index contributed by atoms with van der Waals surface area (Å²) in [6.07, 6.45) is 1.45. The summed E-state index contributed by atoms with van der Waals surface area (Å²) in [6.45, 7) is 4.40. The van der Waals surface area contributed by atoms with Crippen LogP contribution in [-0.4, -0.2) is 60.9 Å². The molecule has 9 nitrogen and oxygen atoms in total. The van der Waals surface area contributed by atoms with Crippen LogP contribution in [0.25, 0.3) is 21.9 Å². The van der Waals surface area contributed by atoms with E-state index >= 15 is 0 Å². The highest BCUT2D eigenvalue weighted by atomic mass is 35.5. The molecule has 1 aliphatic heterocycles. The lowest BCUT2D eigenvalue weighted by Crippen LogP contribution is -2.41. The van der Waals surface area contributed by atoms with Crippen molar-refractivity contribution < 1.29 is 9.59 Å². The van der Waals surface area contributed by atoms with E-state index in [1.54, 1.807) is 28.8 Å². The Kier molecular flexibility index (Phi) is 6.92. The summed E-state index contributed by atoms with van der Waals surface area (Å²) in [4.78, 5) is 43.1. The Bertz CT molecular complexity index is 1480. The quantitative estimate of drug-likeness (QED) is 0.324. The van der Waals surface area contributed by atoms with E-state index in [0.29, 0.717) is 45.4 Å². The number of carbonyl (C=O) groups is 2. The highest BCUT2D eigenvalue weighted by Gasteiger charge is 2.31. The monoisotopic (exact) mass is 543 g/mol. The maximum atomic E-state index is 13.4. The van der Waals surface area contributed by atoms with Crippen molar-refractivity contribution in [3.8, 4) is 0 Å². The standard InChI is InChI=1S/C24H23Cl2N7O2S/c1-12(22-31-18-4-3-14(25)7-20(18)32-22)30-23-16-8-17(26)15(9-19(16)28-11-29-23)24(35)33-5-6-36-21(33)10-27-13(2)34/h3-4,7-9,11-12,21H,5-6,10H2,1-2H3,(H,27,34)(H,31,32)(H,28,29,30)/t12-,21+/m0/s1. The molecule has 12 heteroatoms. The summed E-state index contributed by atoms with van der Waals surface area (Å²) in [6, 6.07) is 8.71. The molecule has 2 atom stereocenters. The number of halogens is 2. The predicted molar refractivity (Wildman–Crippen MR) is 144 cm³/mol. The van der Waals surface area contributed by atoms with Gasteiger partial charge in [-0.2, -0.15) is 0 Å². The number of aromatic amines is 1. The lowest BCUT2D eigenvalue weighted by Gasteiger charge is -2.24. The number of amides is 2. The third-order valence-electron chi connectivity index (χ3n) is 5.96. The zero-order chi connectivity index (χ0) is 25.4. The Morgan fingerprint density at radius 2 is 2.06 bits per heavy atom. The maximum absolute atomic E-state index is 13.4. The van der Waals surface area contributed by atoms with E-state index < -0.39 is 0 Å². The van der Waals surface area contributed by atoms with E-state index in [2.05, 4.69) is 30.6 Å². The summed E-state index contributed by atoms with van der Waals surface area (Å²) >= 11 is 14.3. The van der Waals surface area contributed by atoms with E-state index in [4.69, 9.17) is 23.2 Å². The normalized spacial score (nSPS) is 16.4. The minimum absolute atomic E-state index is 0.129. The van der Waals surface area contributed by atoms with Gasteiger partial charge in [0.15, 0.2) is 0 Å². The van der Waals surface area contributed by atoms with Crippen LogP contribution in [0.15, 0.2) is 36.7 Å². The molecule has 0 unspecified atom stereocenters. The van der Waals surface area contributed by atoms with Crippen molar-refractivity contribution in [2.75, 3.05) is 24.2 Å². The van der Waals surface area contributed by atoms with Crippen LogP contribution in [0.3, 0.4) is 0 Å². The first kappa shape index (κ1) is 24.6. The molecule has 2 amide bonds. The van der Waals surface area contributed by atoms with E-state index in [1.807, 2.05) is 25.1 Å². The van der Waals surface area contributed by atoms with Crippen molar-refractivity contribution in [2.24, 2.45) is 0 Å². The Morgan fingerprint density at radius 3 is 2.86 bits per heavy atom. The predicted octanol–water partition coefficient (Wildman–Crippen LogP) is 4.64. The van der Waals surface area contributed by atoms with Crippen molar-refractivity contribution in [3.05, 3.63) is 58.1 Å². The number of hydrogen-bond donors (Lipinski definition) is 3. The summed E-state index contributed by atoms with van der Waals surface area (Å²) < 4.78 is 0. The first-order valence-electron chi connectivity index (χ1n) is 11.3. The maximum Gasteiger partial charge on any atom is 0.256 e. The average Bonchev–Trinajstić information content (AvgIpc) is 3.49. The Morgan fingerprint density at radius 1 is 1.22 bits per heavy atom. The zero-order valence-corrected chi connectivity index (χ0v) is 21.8. The van der Waals surface area contributed by atoms with Crippen LogP contribution in [-0.2, 0) is 4.79 Å². The number of imidazole rings is 1. The third-order valence-corrected chi connectivity index (χ3v) is 7.73. The highest BCUT2D eigenvalue weighted by molar-refractivity contribution is 8.00. The number of nitrogens with zero attached hydrogens (tertiary/aromatic N) is 4. The number of hydrogen-bond acceptors (Lipinski definition) is 7. The molecule has 36 heavy (non-hydrogen) atoms. The zero-order valence-electron chi connectivity index (χ0n) is 19.5. The molecule has 2 aromatic heterocycles. The minimum Gasteiger partial charge on any atom is -0.360 e. The fraction of sp³-hybridized carbons (Fsp3) is 0.292. The summed E-state index contributed by atoms with van der Waals surface area (Å²) in [5.41, 5.74) is 2.63. The molecular formula is C24H23Cl2N7O2S. The van der Waals surface area contributed by atoms with Crippen LogP contribution < -0.4 is 10.6 Å². The second-order valence-electron chi connectivity index (χ2n) is 8.48. The summed E-state index contributed by atoms with van der Waals surface area (Å²) in [5, 5.41) is 7.64. The summed E-state index contributed by atoms with van der Waals surface area (Å²) in [7, 11) is 0. The molecule has 0 spiro atoms. The fourth-order valence-corrected chi connectivity index (χ4v) is 5.71. The second-order valence-corrected chi connectivity index (χ2v) is 10.6. The van der Waals surface area contributed by atoms with Crippen LogP contribution >= 0.6 is 35.0 Å². The Labute approximate surface area is 221 Å². The van der Waals surface area contributed by atoms with Gasteiger partial charge in [-0.3, -0.25) is 9.59 Å². The summed E-state index contributed by atoms with van der Waals surface area (Å²) in [5.74, 6) is 1.78. The molecule has 0 bridgehead atoms. The van der Waals surface area contributed by atoms with Gasteiger partial charge in [0.1, 0.15) is 18.0 Å². The Balaban J connectivity index is 1.40. The molecule has 5 rings (SSSR count). The third kappa shape index (κ3) is 4.93. The number of fused-ring (bicyclic) bond motifs is 2. The number of aromatic nitrogens is 4. The van der Waals surface area contributed by atoms with E-state index in [-0.39, 0.29) is 23.2 Å². The molecule has 0 radical (unpaired) electrons. The molecule has 2 aromatic carbocycles. The highest BCUT2D eigenvalue weighted by Crippen LogP contribution is 2.32. The first-order valence-corrected chi connectivity index (χ1v) is 13.1. The minimum atomic E-state index is -0.203. The van der Waals surface area contributed by atoms with Crippen LogP contribution in [0.5, 0.6) is 0 Å². The van der Waals surface area contributed by atoms with Gasteiger partial charge in [-0.25, -0.2) is 15.0 Å². The van der Waals surface area contributed by atoms with Crippen LogP contribution in [0.1, 0.15) is 36.1 Å². The van der Waals surface area contributed by atoms with Gasteiger partial charge in [0.25, 0.3) is 5.91 Å². The lowest BCUT2D eigenvalue weighted by molar-refractivity contribution is -0.119. The molecule has 0 saturated carbocycles. The van der Waals surface area contributed by atoms with Crippen molar-refractivity contribution in [1.29, 1.82) is 0 Å². The smallest absolute Gasteiger partial charge is 0.256 e. The molecule has 3 heterocycles. The molecular weight excluding hydrogens is 521 g/mol. The molecule has 186 valence electrons. The van der Waals surface area contributed by atoms with Gasteiger partial charge in [0, 0.05) is 36.2 Å². The number of anilines is 1. The SMILES string of the molecule is CC(=O)NC[C@H]1SCCN1C(=O)c1cc2ncnc(N[C@@H](C)c3nc4cc(Cl)ccc4[nH]3)c2cc1Cl. The first-order chi connectivity index (χ1) is 17.3. The van der Waals surface area contributed by atoms with Crippen molar-refractivity contribution >= 4 is 74.5 Å². The average molecular weight is 544 g/mol. The number of benzene rings is 2. The molecule has 3 N–H and O–H groups in total. The van der Waals surface area contributed by atoms with Gasteiger partial charge in [-0.05, 0) is 37.3 Å². The lowest BCUT2D eigenvalue weighted by atomic mass is 10.1. The topological polar surface area (TPSA) is 116 Å². The van der Waals surface area contributed by atoms with E-state index in [1.165, 1.54) is 13.3 Å². The van der Waals surface area contributed by atoms with Crippen LogP contribution in [0.4, 0.5) is 5.82 Å². The van der Waals surface area contributed by atoms with E-state index in [0.717, 1.165) is 22.6 Å². The molecule has 1 fully saturated rings. The van der Waals surface area contributed by atoms with Gasteiger partial charge in [0.2, 0.25) is 5.91 Å². The number of H-pyrrole nitrogens is 1. The van der Waals surface area contributed by atoms with Crippen LogP contribution in [0, 0.1) is 0 Å². The molecule has 1 aliphatic rings. The van der Waals surface area contributed by atoms with Crippen LogP contribution in [0.2, 0.25) is 10.0 Å². The largest absolute Gasteiger partial charge is 0.360 e. The van der Waals surface area contributed by atoms with Gasteiger partial charge in [-0.1, -0.05) is 23.2 Å². The number of thioether (sulfide) groups is 1. The molecule has 4 aromatic rings. The van der Waals surface area contributed by atoms with Gasteiger partial charge >= 0.3 is 0 Å². The number of nitrogens with one attached hydrogen (secondary N) is 3. The van der Waals surface area contributed by atoms with Gasteiger partial charge in [0.05, 0.1) is 38.6 Å². The van der Waals surface area contributed by atoms with Crippen molar-refractivity contribution in [1.82, 2.24) is 30.2 Å².